The Hall–Kier alpha value is -1.48. The van der Waals surface area contributed by atoms with Crippen molar-refractivity contribution in [3.05, 3.63) is 29.3 Å². The van der Waals surface area contributed by atoms with Gasteiger partial charge >= 0.3 is 5.97 Å². The van der Waals surface area contributed by atoms with Crippen molar-refractivity contribution in [2.45, 2.75) is 31.2 Å². The second kappa shape index (κ2) is 8.04. The Kier molecular flexibility index (Phi) is 5.96. The van der Waals surface area contributed by atoms with Crippen LogP contribution < -0.4 is 5.32 Å². The Morgan fingerprint density at radius 3 is 2.69 bits per heavy atom. The SMILES string of the molecule is CCOC(=O)c1ccc(C)c(S(=O)(=O)N2CCC(N3CCNCC3)C2)c1. The first-order valence-electron chi connectivity index (χ1n) is 9.16. The van der Waals surface area contributed by atoms with E-state index < -0.39 is 16.0 Å². The minimum absolute atomic E-state index is 0.198. The van der Waals surface area contributed by atoms with Gasteiger partial charge in [0, 0.05) is 45.3 Å². The minimum Gasteiger partial charge on any atom is -0.462 e. The largest absolute Gasteiger partial charge is 0.462 e. The van der Waals surface area contributed by atoms with E-state index in [9.17, 15) is 13.2 Å². The summed E-state index contributed by atoms with van der Waals surface area (Å²) in [4.78, 5) is 14.5. The summed E-state index contributed by atoms with van der Waals surface area (Å²) in [6.45, 7) is 8.56. The number of hydrogen-bond donors (Lipinski definition) is 1. The number of ether oxygens (including phenoxy) is 1. The molecule has 0 spiro atoms. The number of nitrogens with one attached hydrogen (secondary N) is 1. The highest BCUT2D eigenvalue weighted by atomic mass is 32.2. The fourth-order valence-corrected chi connectivity index (χ4v) is 5.38. The summed E-state index contributed by atoms with van der Waals surface area (Å²) in [6, 6.07) is 4.99. The van der Waals surface area contributed by atoms with Gasteiger partial charge in [0.05, 0.1) is 17.1 Å². The first-order valence-corrected chi connectivity index (χ1v) is 10.6. The number of benzene rings is 1. The average Bonchev–Trinajstić information content (AvgIpc) is 3.14. The zero-order valence-electron chi connectivity index (χ0n) is 15.4. The molecule has 0 saturated carbocycles. The van der Waals surface area contributed by atoms with Crippen LogP contribution in [0.15, 0.2) is 23.1 Å². The fourth-order valence-electron chi connectivity index (χ4n) is 3.63. The standard InChI is InChI=1S/C18H27N3O4S/c1-3-25-18(22)15-5-4-14(2)17(12-15)26(23,24)21-9-6-16(13-21)20-10-7-19-8-11-20/h4-5,12,16,19H,3,6-11,13H2,1-2H3. The predicted octanol–water partition coefficient (Wildman–Crippen LogP) is 0.840. The first kappa shape index (κ1) is 19.3. The van der Waals surface area contributed by atoms with Gasteiger partial charge in [0.15, 0.2) is 0 Å². The molecule has 1 unspecified atom stereocenters. The van der Waals surface area contributed by atoms with Crippen LogP contribution in [-0.2, 0) is 14.8 Å². The molecule has 26 heavy (non-hydrogen) atoms. The molecule has 1 atom stereocenters. The van der Waals surface area contributed by atoms with Gasteiger partial charge in [0.25, 0.3) is 0 Å². The topological polar surface area (TPSA) is 79.0 Å². The Balaban J connectivity index is 1.79. The Morgan fingerprint density at radius 2 is 2.00 bits per heavy atom. The van der Waals surface area contributed by atoms with Crippen LogP contribution in [0.1, 0.15) is 29.3 Å². The highest BCUT2D eigenvalue weighted by Gasteiger charge is 2.36. The lowest BCUT2D eigenvalue weighted by molar-refractivity contribution is 0.0526. The molecular weight excluding hydrogens is 354 g/mol. The molecule has 2 fully saturated rings. The lowest BCUT2D eigenvalue weighted by atomic mass is 10.1. The summed E-state index contributed by atoms with van der Waals surface area (Å²) in [5.74, 6) is -0.496. The number of carbonyl (C=O) groups excluding carboxylic acids is 1. The van der Waals surface area contributed by atoms with Gasteiger partial charge in [-0.2, -0.15) is 4.31 Å². The quantitative estimate of drug-likeness (QED) is 0.762. The second-order valence-electron chi connectivity index (χ2n) is 6.79. The molecule has 1 N–H and O–H groups in total. The summed E-state index contributed by atoms with van der Waals surface area (Å²) >= 11 is 0. The molecule has 2 heterocycles. The average molecular weight is 381 g/mol. The van der Waals surface area contributed by atoms with Crippen molar-refractivity contribution in [1.82, 2.24) is 14.5 Å². The van der Waals surface area contributed by atoms with Crippen molar-refractivity contribution in [3.8, 4) is 0 Å². The van der Waals surface area contributed by atoms with Crippen molar-refractivity contribution in [2.24, 2.45) is 0 Å². The van der Waals surface area contributed by atoms with Gasteiger partial charge in [-0.1, -0.05) is 6.07 Å². The summed E-state index contributed by atoms with van der Waals surface area (Å²) in [7, 11) is -3.63. The number of hydrogen-bond acceptors (Lipinski definition) is 6. The monoisotopic (exact) mass is 381 g/mol. The van der Waals surface area contributed by atoms with E-state index in [1.807, 2.05) is 0 Å². The second-order valence-corrected chi connectivity index (χ2v) is 8.70. The van der Waals surface area contributed by atoms with Crippen molar-refractivity contribution in [3.63, 3.8) is 0 Å². The van der Waals surface area contributed by atoms with E-state index in [-0.39, 0.29) is 23.1 Å². The summed E-state index contributed by atoms with van der Waals surface area (Å²) in [6.07, 6.45) is 0.843. The van der Waals surface area contributed by atoms with Gasteiger partial charge in [-0.25, -0.2) is 13.2 Å². The normalized spacial score (nSPS) is 22.5. The van der Waals surface area contributed by atoms with Crippen molar-refractivity contribution in [1.29, 1.82) is 0 Å². The smallest absolute Gasteiger partial charge is 0.338 e. The van der Waals surface area contributed by atoms with Crippen LogP contribution in [0.5, 0.6) is 0 Å². The van der Waals surface area contributed by atoms with E-state index in [0.29, 0.717) is 18.7 Å². The van der Waals surface area contributed by atoms with E-state index >= 15 is 0 Å². The van der Waals surface area contributed by atoms with Crippen LogP contribution in [0.25, 0.3) is 0 Å². The molecule has 0 aliphatic carbocycles. The van der Waals surface area contributed by atoms with Crippen LogP contribution >= 0.6 is 0 Å². The number of esters is 1. The Labute approximate surface area is 155 Å². The van der Waals surface area contributed by atoms with E-state index in [0.717, 1.165) is 32.6 Å². The molecule has 0 aromatic heterocycles. The molecule has 2 saturated heterocycles. The minimum atomic E-state index is -3.63. The van der Waals surface area contributed by atoms with Crippen LogP contribution in [0.3, 0.4) is 0 Å². The van der Waals surface area contributed by atoms with Gasteiger partial charge in [-0.15, -0.1) is 0 Å². The number of nitrogens with zero attached hydrogens (tertiary/aromatic N) is 2. The molecule has 3 rings (SSSR count). The molecule has 1 aromatic carbocycles. The Morgan fingerprint density at radius 1 is 1.27 bits per heavy atom. The van der Waals surface area contributed by atoms with Crippen molar-refractivity contribution >= 4 is 16.0 Å². The number of rotatable bonds is 5. The molecule has 7 nitrogen and oxygen atoms in total. The van der Waals surface area contributed by atoms with Crippen LogP contribution in [0, 0.1) is 6.92 Å². The van der Waals surface area contributed by atoms with Crippen molar-refractivity contribution < 1.29 is 17.9 Å². The first-order chi connectivity index (χ1) is 12.4. The third kappa shape index (κ3) is 3.93. The molecule has 2 aliphatic heterocycles. The summed E-state index contributed by atoms with van der Waals surface area (Å²) in [5, 5.41) is 3.32. The van der Waals surface area contributed by atoms with E-state index in [1.165, 1.54) is 6.07 Å². The number of sulfonamides is 1. The molecule has 0 bridgehead atoms. The molecule has 144 valence electrons. The van der Waals surface area contributed by atoms with Gasteiger partial charge in [0.2, 0.25) is 10.0 Å². The maximum absolute atomic E-state index is 13.2. The molecule has 1 aromatic rings. The Bertz CT molecular complexity index is 760. The molecule has 0 amide bonds. The maximum Gasteiger partial charge on any atom is 0.338 e. The number of carbonyl (C=O) groups is 1. The van der Waals surface area contributed by atoms with E-state index in [2.05, 4.69) is 10.2 Å². The third-order valence-electron chi connectivity index (χ3n) is 5.11. The maximum atomic E-state index is 13.2. The number of aryl methyl sites for hydroxylation is 1. The van der Waals surface area contributed by atoms with Gasteiger partial charge in [-0.05, 0) is 38.0 Å². The zero-order chi connectivity index (χ0) is 18.7. The lowest BCUT2D eigenvalue weighted by Crippen LogP contribution is -2.49. The predicted molar refractivity (Wildman–Crippen MR) is 98.7 cm³/mol. The van der Waals surface area contributed by atoms with Crippen LogP contribution in [0.4, 0.5) is 0 Å². The van der Waals surface area contributed by atoms with E-state index in [4.69, 9.17) is 4.74 Å². The molecule has 0 radical (unpaired) electrons. The van der Waals surface area contributed by atoms with Crippen molar-refractivity contribution in [2.75, 3.05) is 45.9 Å². The molecular formula is C18H27N3O4S. The number of piperazine rings is 1. The van der Waals surface area contributed by atoms with Gasteiger partial charge in [-0.3, -0.25) is 4.90 Å². The van der Waals surface area contributed by atoms with Gasteiger partial charge < -0.3 is 10.1 Å². The highest BCUT2D eigenvalue weighted by Crippen LogP contribution is 2.27. The molecule has 2 aliphatic rings. The molecule has 8 heteroatoms. The lowest BCUT2D eigenvalue weighted by Gasteiger charge is -2.32. The third-order valence-corrected chi connectivity index (χ3v) is 7.12. The van der Waals surface area contributed by atoms with Gasteiger partial charge in [0.1, 0.15) is 0 Å². The summed E-state index contributed by atoms with van der Waals surface area (Å²) < 4.78 is 32.9. The highest BCUT2D eigenvalue weighted by molar-refractivity contribution is 7.89. The van der Waals surface area contributed by atoms with Crippen LogP contribution in [-0.4, -0.2) is 75.5 Å². The summed E-state index contributed by atoms with van der Waals surface area (Å²) in [5.41, 5.74) is 0.914. The van der Waals surface area contributed by atoms with Crippen LogP contribution in [0.2, 0.25) is 0 Å². The van der Waals surface area contributed by atoms with E-state index in [1.54, 1.807) is 30.3 Å². The zero-order valence-corrected chi connectivity index (χ0v) is 16.2. The fraction of sp³-hybridized carbons (Fsp3) is 0.611.